The van der Waals surface area contributed by atoms with Gasteiger partial charge in [0.25, 0.3) is 0 Å². The summed E-state index contributed by atoms with van der Waals surface area (Å²) in [5.41, 5.74) is 3.09. The number of nitrogens with one attached hydrogen (secondary N) is 1. The van der Waals surface area contributed by atoms with E-state index < -0.39 is 0 Å². The van der Waals surface area contributed by atoms with Crippen LogP contribution in [-0.4, -0.2) is 21.5 Å². The number of benzene rings is 1. The Morgan fingerprint density at radius 1 is 1.29 bits per heavy atom. The zero-order valence-corrected chi connectivity index (χ0v) is 12.4. The molecule has 3 rings (SSSR count). The highest BCUT2D eigenvalue weighted by molar-refractivity contribution is 5.73. The van der Waals surface area contributed by atoms with Crippen molar-refractivity contribution in [2.24, 2.45) is 5.92 Å². The molecule has 110 valence electrons. The minimum atomic E-state index is 0.602. The molecule has 0 radical (unpaired) electrons. The highest BCUT2D eigenvalue weighted by Crippen LogP contribution is 2.14. The van der Waals surface area contributed by atoms with Crippen LogP contribution in [0.1, 0.15) is 25.2 Å². The Balaban J connectivity index is 1.67. The van der Waals surface area contributed by atoms with Crippen LogP contribution in [-0.2, 0) is 13.1 Å². The van der Waals surface area contributed by atoms with Crippen LogP contribution in [0.15, 0.2) is 41.0 Å². The lowest BCUT2D eigenvalue weighted by atomic mass is 10.2. The standard InChI is InChI=1S/C16H20N4O/c1-12(2)8-17-9-13-7-14(21-11-13)10-20-16-6-4-3-5-15(16)18-19-20/h3-7,11-12,17H,8-10H2,1-2H3. The summed E-state index contributed by atoms with van der Waals surface area (Å²) in [6.07, 6.45) is 1.81. The number of hydrogen-bond acceptors (Lipinski definition) is 4. The molecular formula is C16H20N4O. The van der Waals surface area contributed by atoms with E-state index in [0.29, 0.717) is 12.5 Å². The van der Waals surface area contributed by atoms with Crippen molar-refractivity contribution < 1.29 is 4.42 Å². The third-order valence-corrected chi connectivity index (χ3v) is 3.32. The van der Waals surface area contributed by atoms with Gasteiger partial charge in [-0.05, 0) is 30.7 Å². The molecule has 0 atom stereocenters. The van der Waals surface area contributed by atoms with Gasteiger partial charge >= 0.3 is 0 Å². The summed E-state index contributed by atoms with van der Waals surface area (Å²) in [7, 11) is 0. The summed E-state index contributed by atoms with van der Waals surface area (Å²) in [5, 5.41) is 11.7. The molecule has 0 aliphatic carbocycles. The second-order valence-electron chi connectivity index (χ2n) is 5.68. The number of nitrogens with zero attached hydrogens (tertiary/aromatic N) is 3. The van der Waals surface area contributed by atoms with Crippen LogP contribution >= 0.6 is 0 Å². The quantitative estimate of drug-likeness (QED) is 0.756. The van der Waals surface area contributed by atoms with E-state index in [4.69, 9.17) is 4.42 Å². The average molecular weight is 284 g/mol. The summed E-state index contributed by atoms with van der Waals surface area (Å²) in [6.45, 7) is 6.84. The molecule has 3 aromatic rings. The predicted octanol–water partition coefficient (Wildman–Crippen LogP) is 2.82. The van der Waals surface area contributed by atoms with Crippen molar-refractivity contribution in [2.45, 2.75) is 26.9 Å². The lowest BCUT2D eigenvalue weighted by Gasteiger charge is -2.04. The second-order valence-corrected chi connectivity index (χ2v) is 5.68. The summed E-state index contributed by atoms with van der Waals surface area (Å²) in [5.74, 6) is 1.55. The first kappa shape index (κ1) is 13.8. The molecule has 0 bridgehead atoms. The first-order chi connectivity index (χ1) is 10.2. The molecule has 5 nitrogen and oxygen atoms in total. The fourth-order valence-corrected chi connectivity index (χ4v) is 2.29. The number of rotatable bonds is 6. The lowest BCUT2D eigenvalue weighted by molar-refractivity contribution is 0.477. The van der Waals surface area contributed by atoms with Crippen molar-refractivity contribution >= 4 is 11.0 Å². The largest absolute Gasteiger partial charge is 0.467 e. The van der Waals surface area contributed by atoms with Gasteiger partial charge < -0.3 is 9.73 Å². The number of fused-ring (bicyclic) bond motifs is 1. The van der Waals surface area contributed by atoms with E-state index in [1.54, 1.807) is 0 Å². The molecule has 0 spiro atoms. The van der Waals surface area contributed by atoms with Gasteiger partial charge in [0, 0.05) is 12.1 Å². The molecule has 0 saturated carbocycles. The van der Waals surface area contributed by atoms with E-state index in [1.165, 1.54) is 0 Å². The van der Waals surface area contributed by atoms with Gasteiger partial charge in [0.15, 0.2) is 0 Å². The molecule has 1 aromatic carbocycles. The maximum absolute atomic E-state index is 5.62. The Morgan fingerprint density at radius 3 is 3.00 bits per heavy atom. The molecular weight excluding hydrogens is 264 g/mol. The molecule has 0 unspecified atom stereocenters. The maximum Gasteiger partial charge on any atom is 0.125 e. The van der Waals surface area contributed by atoms with Crippen LogP contribution in [0, 0.1) is 5.92 Å². The number of para-hydroxylation sites is 1. The number of furan rings is 1. The lowest BCUT2D eigenvalue weighted by Crippen LogP contribution is -2.18. The fraction of sp³-hybridized carbons (Fsp3) is 0.375. The summed E-state index contributed by atoms with van der Waals surface area (Å²) in [4.78, 5) is 0. The van der Waals surface area contributed by atoms with Crippen LogP contribution in [0.3, 0.4) is 0 Å². The van der Waals surface area contributed by atoms with E-state index in [1.807, 2.05) is 35.2 Å². The van der Waals surface area contributed by atoms with Crippen LogP contribution in [0.25, 0.3) is 11.0 Å². The van der Waals surface area contributed by atoms with Crippen LogP contribution in [0.2, 0.25) is 0 Å². The second kappa shape index (κ2) is 6.10. The zero-order valence-electron chi connectivity index (χ0n) is 12.4. The Bertz CT molecular complexity index is 714. The van der Waals surface area contributed by atoms with E-state index >= 15 is 0 Å². The molecule has 0 aliphatic rings. The van der Waals surface area contributed by atoms with Gasteiger partial charge in [0.1, 0.15) is 17.8 Å². The van der Waals surface area contributed by atoms with Crippen LogP contribution in [0.4, 0.5) is 0 Å². The Kier molecular flexibility index (Phi) is 4.01. The number of aromatic nitrogens is 3. The monoisotopic (exact) mass is 284 g/mol. The first-order valence-corrected chi connectivity index (χ1v) is 7.27. The molecule has 0 aliphatic heterocycles. The SMILES string of the molecule is CC(C)CNCc1coc(Cn2nnc3ccccc32)c1. The Labute approximate surface area is 123 Å². The van der Waals surface area contributed by atoms with E-state index in [2.05, 4.69) is 35.5 Å². The minimum Gasteiger partial charge on any atom is -0.467 e. The highest BCUT2D eigenvalue weighted by Gasteiger charge is 2.07. The zero-order chi connectivity index (χ0) is 14.7. The van der Waals surface area contributed by atoms with Gasteiger partial charge in [-0.3, -0.25) is 0 Å². The topological polar surface area (TPSA) is 55.9 Å². The predicted molar refractivity (Wildman–Crippen MR) is 81.9 cm³/mol. The van der Waals surface area contributed by atoms with Gasteiger partial charge in [0.2, 0.25) is 0 Å². The summed E-state index contributed by atoms with van der Waals surface area (Å²) < 4.78 is 7.48. The highest BCUT2D eigenvalue weighted by atomic mass is 16.3. The van der Waals surface area contributed by atoms with E-state index in [9.17, 15) is 0 Å². The van der Waals surface area contributed by atoms with Gasteiger partial charge in [0.05, 0.1) is 11.8 Å². The Hall–Kier alpha value is -2.14. The van der Waals surface area contributed by atoms with Crippen molar-refractivity contribution in [3.63, 3.8) is 0 Å². The number of hydrogen-bond donors (Lipinski definition) is 1. The fourth-order valence-electron chi connectivity index (χ4n) is 2.29. The van der Waals surface area contributed by atoms with Gasteiger partial charge in [-0.1, -0.05) is 31.2 Å². The molecule has 21 heavy (non-hydrogen) atoms. The third-order valence-electron chi connectivity index (χ3n) is 3.32. The van der Waals surface area contributed by atoms with E-state index in [0.717, 1.165) is 35.4 Å². The van der Waals surface area contributed by atoms with Crippen LogP contribution < -0.4 is 5.32 Å². The summed E-state index contributed by atoms with van der Waals surface area (Å²) >= 11 is 0. The third kappa shape index (κ3) is 3.31. The van der Waals surface area contributed by atoms with Gasteiger partial charge in [-0.25, -0.2) is 4.68 Å². The smallest absolute Gasteiger partial charge is 0.125 e. The van der Waals surface area contributed by atoms with Crippen molar-refractivity contribution in [3.05, 3.63) is 47.9 Å². The van der Waals surface area contributed by atoms with Crippen LogP contribution in [0.5, 0.6) is 0 Å². The molecule has 5 heteroatoms. The normalized spacial score (nSPS) is 11.6. The molecule has 0 amide bonds. The van der Waals surface area contributed by atoms with Crippen molar-refractivity contribution in [2.75, 3.05) is 6.54 Å². The van der Waals surface area contributed by atoms with Crippen molar-refractivity contribution in [3.8, 4) is 0 Å². The summed E-state index contributed by atoms with van der Waals surface area (Å²) in [6, 6.07) is 10.0. The molecule has 1 N–H and O–H groups in total. The first-order valence-electron chi connectivity index (χ1n) is 7.27. The minimum absolute atomic E-state index is 0.602. The van der Waals surface area contributed by atoms with Gasteiger partial charge in [-0.15, -0.1) is 5.10 Å². The van der Waals surface area contributed by atoms with Gasteiger partial charge in [-0.2, -0.15) is 0 Å². The maximum atomic E-state index is 5.62. The molecule has 2 heterocycles. The molecule has 0 fully saturated rings. The van der Waals surface area contributed by atoms with Crippen molar-refractivity contribution in [1.29, 1.82) is 0 Å². The molecule has 2 aromatic heterocycles. The molecule has 0 saturated heterocycles. The van der Waals surface area contributed by atoms with E-state index in [-0.39, 0.29) is 0 Å². The Morgan fingerprint density at radius 2 is 2.14 bits per heavy atom. The van der Waals surface area contributed by atoms with Crippen molar-refractivity contribution in [1.82, 2.24) is 20.3 Å². The average Bonchev–Trinajstić information content (AvgIpc) is 3.07.